The van der Waals surface area contributed by atoms with E-state index in [0.717, 1.165) is 19.2 Å². The fourth-order valence-corrected chi connectivity index (χ4v) is 3.10. The zero-order chi connectivity index (χ0) is 20.5. The standard InChI is InChI=1S/C19H16BrF2N5O2/c20-10-3-4-14(13(21)5-10)26-17-12(19(28)27-29-7-9-1-2-9)6-11-16(15(17)22)24-8-25-18(11)23/h3-6,8-9,26H,1-2,7H2,(H,27,28)(H2,23,24,25). The largest absolute Gasteiger partial charge is 0.383 e. The first-order valence-corrected chi connectivity index (χ1v) is 9.60. The third-order valence-corrected chi connectivity index (χ3v) is 5.01. The van der Waals surface area contributed by atoms with Crippen molar-refractivity contribution in [2.24, 2.45) is 5.92 Å². The molecule has 1 heterocycles. The Morgan fingerprint density at radius 1 is 1.28 bits per heavy atom. The Hall–Kier alpha value is -2.85. The molecule has 150 valence electrons. The van der Waals surface area contributed by atoms with Crippen molar-refractivity contribution in [2.45, 2.75) is 12.8 Å². The smallest absolute Gasteiger partial charge is 0.277 e. The van der Waals surface area contributed by atoms with E-state index in [2.05, 4.69) is 36.7 Å². The lowest BCUT2D eigenvalue weighted by Crippen LogP contribution is -2.26. The highest BCUT2D eigenvalue weighted by atomic mass is 79.9. The zero-order valence-electron chi connectivity index (χ0n) is 15.0. The number of carbonyl (C=O) groups excluding carboxylic acids is 1. The molecule has 29 heavy (non-hydrogen) atoms. The molecule has 0 aliphatic heterocycles. The molecule has 10 heteroatoms. The van der Waals surface area contributed by atoms with Gasteiger partial charge in [-0.1, -0.05) is 15.9 Å². The van der Waals surface area contributed by atoms with Crippen LogP contribution in [0.2, 0.25) is 0 Å². The first-order chi connectivity index (χ1) is 13.9. The monoisotopic (exact) mass is 463 g/mol. The Bertz CT molecular complexity index is 1110. The van der Waals surface area contributed by atoms with Gasteiger partial charge in [-0.3, -0.25) is 9.63 Å². The van der Waals surface area contributed by atoms with Crippen molar-refractivity contribution < 1.29 is 18.4 Å². The summed E-state index contributed by atoms with van der Waals surface area (Å²) >= 11 is 3.17. The van der Waals surface area contributed by atoms with Crippen molar-refractivity contribution in [3.05, 3.63) is 52.3 Å². The number of benzene rings is 2. The van der Waals surface area contributed by atoms with Crippen LogP contribution in [0.25, 0.3) is 10.9 Å². The number of halogens is 3. The first kappa shape index (κ1) is 19.5. The van der Waals surface area contributed by atoms with E-state index in [1.165, 1.54) is 18.2 Å². The van der Waals surface area contributed by atoms with Crippen molar-refractivity contribution in [3.8, 4) is 0 Å². The Balaban J connectivity index is 1.76. The summed E-state index contributed by atoms with van der Waals surface area (Å²) in [6.45, 7) is 0.372. The molecule has 1 amide bonds. The summed E-state index contributed by atoms with van der Waals surface area (Å²) in [5.41, 5.74) is 7.66. The molecule has 1 aliphatic rings. The van der Waals surface area contributed by atoms with Gasteiger partial charge in [0.25, 0.3) is 5.91 Å². The number of nitrogens with one attached hydrogen (secondary N) is 2. The van der Waals surface area contributed by atoms with Crippen LogP contribution in [0.15, 0.2) is 35.1 Å². The number of aromatic nitrogens is 2. The zero-order valence-corrected chi connectivity index (χ0v) is 16.6. The number of nitrogens with zero attached hydrogens (tertiary/aromatic N) is 2. The maximum Gasteiger partial charge on any atom is 0.277 e. The lowest BCUT2D eigenvalue weighted by molar-refractivity contribution is 0.0271. The van der Waals surface area contributed by atoms with E-state index in [9.17, 15) is 9.18 Å². The molecule has 0 spiro atoms. The second-order valence-electron chi connectivity index (χ2n) is 6.70. The van der Waals surface area contributed by atoms with Gasteiger partial charge in [0, 0.05) is 9.86 Å². The molecular weight excluding hydrogens is 448 g/mol. The van der Waals surface area contributed by atoms with Crippen LogP contribution in [0, 0.1) is 17.6 Å². The summed E-state index contributed by atoms with van der Waals surface area (Å²) in [4.78, 5) is 25.6. The minimum Gasteiger partial charge on any atom is -0.383 e. The third kappa shape index (κ3) is 4.13. The van der Waals surface area contributed by atoms with Crippen molar-refractivity contribution in [1.82, 2.24) is 15.4 Å². The van der Waals surface area contributed by atoms with E-state index in [4.69, 9.17) is 10.6 Å². The Kier molecular flexibility index (Phi) is 5.29. The van der Waals surface area contributed by atoms with Crippen LogP contribution in [-0.4, -0.2) is 22.5 Å². The van der Waals surface area contributed by atoms with E-state index in [1.807, 2.05) is 0 Å². The molecule has 0 saturated heterocycles. The van der Waals surface area contributed by atoms with Crippen molar-refractivity contribution in [2.75, 3.05) is 17.7 Å². The maximum atomic E-state index is 15.3. The number of nitrogens with two attached hydrogens (primary N) is 1. The van der Waals surface area contributed by atoms with Crippen molar-refractivity contribution >= 4 is 49.9 Å². The van der Waals surface area contributed by atoms with Gasteiger partial charge in [-0.15, -0.1) is 0 Å². The summed E-state index contributed by atoms with van der Waals surface area (Å²) in [5.74, 6) is -1.75. The highest BCUT2D eigenvalue weighted by molar-refractivity contribution is 9.10. The van der Waals surface area contributed by atoms with E-state index >= 15 is 4.39 Å². The molecule has 0 radical (unpaired) electrons. The van der Waals surface area contributed by atoms with Gasteiger partial charge in [0.15, 0.2) is 5.82 Å². The molecule has 1 saturated carbocycles. The summed E-state index contributed by atoms with van der Waals surface area (Å²) in [6.07, 6.45) is 3.21. The van der Waals surface area contributed by atoms with Gasteiger partial charge in [0.05, 0.1) is 23.5 Å². The fraction of sp³-hybridized carbons (Fsp3) is 0.211. The number of nitrogen functional groups attached to an aromatic ring is 1. The molecule has 4 N–H and O–H groups in total. The van der Waals surface area contributed by atoms with Crippen molar-refractivity contribution in [3.63, 3.8) is 0 Å². The van der Waals surface area contributed by atoms with Crippen LogP contribution < -0.4 is 16.5 Å². The van der Waals surface area contributed by atoms with E-state index < -0.39 is 17.5 Å². The van der Waals surface area contributed by atoms with Gasteiger partial charge in [-0.05, 0) is 43.0 Å². The summed E-state index contributed by atoms with van der Waals surface area (Å²) in [7, 11) is 0. The normalized spacial score (nSPS) is 13.5. The van der Waals surface area contributed by atoms with Crippen LogP contribution >= 0.6 is 15.9 Å². The topological polar surface area (TPSA) is 102 Å². The second-order valence-corrected chi connectivity index (χ2v) is 7.62. The van der Waals surface area contributed by atoms with Crippen LogP contribution in [-0.2, 0) is 4.84 Å². The minimum atomic E-state index is -0.855. The van der Waals surface area contributed by atoms with Crippen molar-refractivity contribution in [1.29, 1.82) is 0 Å². The summed E-state index contributed by atoms with van der Waals surface area (Å²) in [6, 6.07) is 5.58. The molecule has 7 nitrogen and oxygen atoms in total. The van der Waals surface area contributed by atoms with Crippen LogP contribution in [0.1, 0.15) is 23.2 Å². The predicted octanol–water partition coefficient (Wildman–Crippen LogP) is 4.07. The second kappa shape index (κ2) is 7.88. The van der Waals surface area contributed by atoms with Crippen LogP contribution in [0.4, 0.5) is 26.0 Å². The average molecular weight is 464 g/mol. The lowest BCUT2D eigenvalue weighted by Gasteiger charge is -2.16. The first-order valence-electron chi connectivity index (χ1n) is 8.81. The van der Waals surface area contributed by atoms with Gasteiger partial charge < -0.3 is 11.1 Å². The number of anilines is 3. The third-order valence-electron chi connectivity index (χ3n) is 4.52. The lowest BCUT2D eigenvalue weighted by atomic mass is 10.1. The molecule has 0 atom stereocenters. The number of rotatable bonds is 6. The minimum absolute atomic E-state index is 0.0126. The maximum absolute atomic E-state index is 15.3. The Labute approximate surface area is 172 Å². The molecule has 0 unspecified atom stereocenters. The molecule has 0 bridgehead atoms. The summed E-state index contributed by atoms with van der Waals surface area (Å²) in [5, 5.41) is 2.82. The SMILES string of the molecule is Nc1ncnc2c(F)c(Nc3ccc(Br)cc3F)c(C(=O)NOCC3CC3)cc12. The Morgan fingerprint density at radius 2 is 2.07 bits per heavy atom. The molecule has 4 rings (SSSR count). The van der Waals surface area contributed by atoms with Gasteiger partial charge in [-0.2, -0.15) is 0 Å². The molecular formula is C19H16BrF2N5O2. The number of amides is 1. The number of hydroxylamine groups is 1. The van der Waals surface area contributed by atoms with Crippen LogP contribution in [0.3, 0.4) is 0 Å². The van der Waals surface area contributed by atoms with Gasteiger partial charge >= 0.3 is 0 Å². The molecule has 1 aliphatic carbocycles. The van der Waals surface area contributed by atoms with Crippen LogP contribution in [0.5, 0.6) is 0 Å². The van der Waals surface area contributed by atoms with Gasteiger partial charge in [0.1, 0.15) is 23.5 Å². The molecule has 1 fully saturated rings. The van der Waals surface area contributed by atoms with E-state index in [1.54, 1.807) is 6.07 Å². The highest BCUT2D eigenvalue weighted by Crippen LogP contribution is 2.33. The number of carbonyl (C=O) groups is 1. The fourth-order valence-electron chi connectivity index (χ4n) is 2.77. The van der Waals surface area contributed by atoms with E-state index in [0.29, 0.717) is 17.0 Å². The quantitative estimate of drug-likeness (QED) is 0.476. The highest BCUT2D eigenvalue weighted by Gasteiger charge is 2.24. The molecule has 2 aromatic carbocycles. The molecule has 3 aromatic rings. The molecule has 1 aromatic heterocycles. The number of hydrogen-bond donors (Lipinski definition) is 3. The Morgan fingerprint density at radius 3 is 2.79 bits per heavy atom. The van der Waals surface area contributed by atoms with Gasteiger partial charge in [-0.25, -0.2) is 24.2 Å². The van der Waals surface area contributed by atoms with E-state index in [-0.39, 0.29) is 33.7 Å². The summed E-state index contributed by atoms with van der Waals surface area (Å²) < 4.78 is 30.1. The average Bonchev–Trinajstić information content (AvgIpc) is 3.50. The predicted molar refractivity (Wildman–Crippen MR) is 107 cm³/mol. The van der Waals surface area contributed by atoms with Gasteiger partial charge in [0.2, 0.25) is 0 Å². The number of hydrogen-bond acceptors (Lipinski definition) is 6. The number of fused-ring (bicyclic) bond motifs is 1.